The van der Waals surface area contributed by atoms with Crippen LogP contribution in [-0.4, -0.2) is 16.5 Å². The molecular formula is C16H18ClN3O. The molecule has 1 aromatic carbocycles. The maximum atomic E-state index is 11.4. The van der Waals surface area contributed by atoms with Gasteiger partial charge < -0.3 is 10.3 Å². The number of aryl methyl sites for hydroxylation is 1. The summed E-state index contributed by atoms with van der Waals surface area (Å²) in [6.45, 7) is 2.62. The van der Waals surface area contributed by atoms with Gasteiger partial charge in [0.25, 0.3) is 0 Å². The predicted octanol–water partition coefficient (Wildman–Crippen LogP) is 3.27. The summed E-state index contributed by atoms with van der Waals surface area (Å²) in [7, 11) is 0. The summed E-state index contributed by atoms with van der Waals surface area (Å²) in [5.41, 5.74) is 1.85. The summed E-state index contributed by atoms with van der Waals surface area (Å²) in [6.07, 6.45) is 3.47. The lowest BCUT2D eigenvalue weighted by Gasteiger charge is -2.42. The molecule has 2 N–H and O–H groups in total. The van der Waals surface area contributed by atoms with Crippen molar-refractivity contribution < 1.29 is 0 Å². The van der Waals surface area contributed by atoms with Crippen LogP contribution in [0.3, 0.4) is 0 Å². The van der Waals surface area contributed by atoms with Gasteiger partial charge in [0.15, 0.2) is 0 Å². The number of rotatable bonds is 4. The molecule has 3 rings (SSSR count). The fourth-order valence-electron chi connectivity index (χ4n) is 2.92. The van der Waals surface area contributed by atoms with E-state index in [1.165, 1.54) is 12.0 Å². The molecular weight excluding hydrogens is 286 g/mol. The fraction of sp³-hybridized carbons (Fsp3) is 0.375. The Hall–Kier alpha value is -1.81. The van der Waals surface area contributed by atoms with Gasteiger partial charge in [0.2, 0.25) is 0 Å². The summed E-state index contributed by atoms with van der Waals surface area (Å²) in [6, 6.07) is 9.91. The molecule has 21 heavy (non-hydrogen) atoms. The molecule has 1 saturated carbocycles. The first-order valence-corrected chi connectivity index (χ1v) is 7.53. The van der Waals surface area contributed by atoms with Crippen LogP contribution in [0.25, 0.3) is 0 Å². The van der Waals surface area contributed by atoms with E-state index in [-0.39, 0.29) is 11.1 Å². The van der Waals surface area contributed by atoms with Crippen LogP contribution in [0.1, 0.15) is 30.5 Å². The number of anilines is 1. The van der Waals surface area contributed by atoms with E-state index in [1.807, 2.05) is 31.2 Å². The standard InChI is InChI=1S/C16H18ClN3O/c1-11-8-14(20-15(21)19-11)18-10-16(6-3-7-16)12-4-2-5-13(17)9-12/h2,4-5,8-9H,3,6-7,10H2,1H3,(H2,18,19,20,21). The number of hydrogen-bond acceptors (Lipinski definition) is 3. The lowest BCUT2D eigenvalue weighted by atomic mass is 9.64. The van der Waals surface area contributed by atoms with Gasteiger partial charge in [0, 0.05) is 22.7 Å². The molecule has 1 aliphatic carbocycles. The first-order valence-electron chi connectivity index (χ1n) is 7.15. The van der Waals surface area contributed by atoms with E-state index in [0.717, 1.165) is 30.1 Å². The van der Waals surface area contributed by atoms with E-state index in [4.69, 9.17) is 11.6 Å². The molecule has 0 spiro atoms. The van der Waals surface area contributed by atoms with Crippen LogP contribution in [0.5, 0.6) is 0 Å². The van der Waals surface area contributed by atoms with Gasteiger partial charge in [0.1, 0.15) is 5.82 Å². The van der Waals surface area contributed by atoms with Gasteiger partial charge in [-0.15, -0.1) is 0 Å². The summed E-state index contributed by atoms with van der Waals surface area (Å²) in [5, 5.41) is 4.08. The SMILES string of the molecule is Cc1cc(NCC2(c3cccc(Cl)c3)CCC2)nc(=O)[nH]1. The minimum atomic E-state index is -0.317. The van der Waals surface area contributed by atoms with Gasteiger partial charge in [-0.1, -0.05) is 30.2 Å². The average Bonchev–Trinajstić information content (AvgIpc) is 2.36. The van der Waals surface area contributed by atoms with Crippen molar-refractivity contribution in [2.75, 3.05) is 11.9 Å². The molecule has 2 aromatic rings. The minimum Gasteiger partial charge on any atom is -0.369 e. The second-order valence-electron chi connectivity index (χ2n) is 5.75. The third-order valence-corrected chi connectivity index (χ3v) is 4.47. The van der Waals surface area contributed by atoms with Crippen molar-refractivity contribution in [1.29, 1.82) is 0 Å². The highest BCUT2D eigenvalue weighted by molar-refractivity contribution is 6.30. The first kappa shape index (κ1) is 14.1. The van der Waals surface area contributed by atoms with Crippen molar-refractivity contribution in [3.05, 3.63) is 57.1 Å². The fourth-order valence-corrected chi connectivity index (χ4v) is 3.11. The van der Waals surface area contributed by atoms with Crippen molar-refractivity contribution >= 4 is 17.4 Å². The molecule has 1 heterocycles. The maximum absolute atomic E-state index is 11.4. The highest BCUT2D eigenvalue weighted by atomic mass is 35.5. The minimum absolute atomic E-state index is 0.100. The summed E-state index contributed by atoms with van der Waals surface area (Å²) in [4.78, 5) is 18.0. The highest BCUT2D eigenvalue weighted by Crippen LogP contribution is 2.44. The topological polar surface area (TPSA) is 57.8 Å². The van der Waals surface area contributed by atoms with Crippen molar-refractivity contribution in [2.24, 2.45) is 0 Å². The maximum Gasteiger partial charge on any atom is 0.347 e. The lowest BCUT2D eigenvalue weighted by molar-refractivity contribution is 0.260. The van der Waals surface area contributed by atoms with E-state index < -0.39 is 0 Å². The molecule has 0 radical (unpaired) electrons. The Kier molecular flexibility index (Phi) is 3.72. The van der Waals surface area contributed by atoms with Crippen LogP contribution in [0.2, 0.25) is 5.02 Å². The van der Waals surface area contributed by atoms with Crippen LogP contribution < -0.4 is 11.0 Å². The van der Waals surface area contributed by atoms with Crippen molar-refractivity contribution in [3.63, 3.8) is 0 Å². The van der Waals surface area contributed by atoms with E-state index >= 15 is 0 Å². The third kappa shape index (κ3) is 2.95. The van der Waals surface area contributed by atoms with Crippen LogP contribution in [0.15, 0.2) is 35.1 Å². The Balaban J connectivity index is 1.80. The average molecular weight is 304 g/mol. The molecule has 5 heteroatoms. The van der Waals surface area contributed by atoms with E-state index in [1.54, 1.807) is 0 Å². The van der Waals surface area contributed by atoms with Gasteiger partial charge in [-0.05, 0) is 43.5 Å². The molecule has 110 valence electrons. The zero-order valence-corrected chi connectivity index (χ0v) is 12.7. The van der Waals surface area contributed by atoms with Gasteiger partial charge in [-0.3, -0.25) is 0 Å². The first-order chi connectivity index (χ1) is 10.1. The van der Waals surface area contributed by atoms with Gasteiger partial charge in [0.05, 0.1) is 0 Å². The smallest absolute Gasteiger partial charge is 0.347 e. The van der Waals surface area contributed by atoms with Gasteiger partial charge >= 0.3 is 5.69 Å². The molecule has 4 nitrogen and oxygen atoms in total. The zero-order chi connectivity index (χ0) is 14.9. The van der Waals surface area contributed by atoms with Crippen LogP contribution in [0, 0.1) is 6.92 Å². The van der Waals surface area contributed by atoms with Crippen molar-refractivity contribution in [2.45, 2.75) is 31.6 Å². The molecule has 0 bridgehead atoms. The zero-order valence-electron chi connectivity index (χ0n) is 11.9. The molecule has 1 fully saturated rings. The molecule has 1 aliphatic rings. The number of hydrogen-bond donors (Lipinski definition) is 2. The Labute approximate surface area is 128 Å². The number of aromatic nitrogens is 2. The van der Waals surface area contributed by atoms with E-state index in [2.05, 4.69) is 21.4 Å². The third-order valence-electron chi connectivity index (χ3n) is 4.23. The molecule has 0 atom stereocenters. The number of halogens is 1. The van der Waals surface area contributed by atoms with Gasteiger partial charge in [-0.25, -0.2) is 4.79 Å². The Bertz CT molecular complexity index is 707. The second-order valence-corrected chi connectivity index (χ2v) is 6.19. The predicted molar refractivity (Wildman–Crippen MR) is 85.1 cm³/mol. The molecule has 0 amide bonds. The summed E-state index contributed by atoms with van der Waals surface area (Å²) < 4.78 is 0. The van der Waals surface area contributed by atoms with E-state index in [9.17, 15) is 4.79 Å². The summed E-state index contributed by atoms with van der Waals surface area (Å²) in [5.74, 6) is 0.629. The highest BCUT2D eigenvalue weighted by Gasteiger charge is 2.38. The number of nitrogens with one attached hydrogen (secondary N) is 2. The number of benzene rings is 1. The van der Waals surface area contributed by atoms with Crippen molar-refractivity contribution in [3.8, 4) is 0 Å². The quantitative estimate of drug-likeness (QED) is 0.911. The Morgan fingerprint density at radius 1 is 1.38 bits per heavy atom. The number of nitrogens with zero attached hydrogens (tertiary/aromatic N) is 1. The second kappa shape index (κ2) is 5.53. The normalized spacial score (nSPS) is 16.3. The van der Waals surface area contributed by atoms with Crippen molar-refractivity contribution in [1.82, 2.24) is 9.97 Å². The number of H-pyrrole nitrogens is 1. The van der Waals surface area contributed by atoms with Crippen LogP contribution >= 0.6 is 11.6 Å². The molecule has 0 unspecified atom stereocenters. The van der Waals surface area contributed by atoms with Crippen LogP contribution in [-0.2, 0) is 5.41 Å². The molecule has 1 aromatic heterocycles. The largest absolute Gasteiger partial charge is 0.369 e. The molecule has 0 aliphatic heterocycles. The molecule has 0 saturated heterocycles. The lowest BCUT2D eigenvalue weighted by Crippen LogP contribution is -2.41. The number of aromatic amines is 1. The Morgan fingerprint density at radius 2 is 2.19 bits per heavy atom. The monoisotopic (exact) mass is 303 g/mol. The summed E-state index contributed by atoms with van der Waals surface area (Å²) >= 11 is 6.11. The van der Waals surface area contributed by atoms with E-state index in [0.29, 0.717) is 5.82 Å². The van der Waals surface area contributed by atoms with Gasteiger partial charge in [-0.2, -0.15) is 4.98 Å². The Morgan fingerprint density at radius 3 is 2.81 bits per heavy atom. The van der Waals surface area contributed by atoms with Crippen LogP contribution in [0.4, 0.5) is 5.82 Å².